The van der Waals surface area contributed by atoms with Gasteiger partial charge in [0.15, 0.2) is 0 Å². The molecule has 3 heteroatoms. The Bertz CT molecular complexity index is 347. The molecule has 0 saturated heterocycles. The van der Waals surface area contributed by atoms with Gasteiger partial charge in [0.05, 0.1) is 6.54 Å². The largest absolute Gasteiger partial charge is 0.325 e. The van der Waals surface area contributed by atoms with Crippen molar-refractivity contribution in [3.8, 4) is 0 Å². The van der Waals surface area contributed by atoms with Crippen LogP contribution in [-0.2, 0) is 4.79 Å². The van der Waals surface area contributed by atoms with Crippen LogP contribution in [0, 0.1) is 6.92 Å². The lowest BCUT2D eigenvalue weighted by Crippen LogP contribution is -2.28. The highest BCUT2D eigenvalue weighted by atomic mass is 16.1. The van der Waals surface area contributed by atoms with Crippen molar-refractivity contribution in [3.05, 3.63) is 42.5 Å². The van der Waals surface area contributed by atoms with E-state index >= 15 is 0 Å². The summed E-state index contributed by atoms with van der Waals surface area (Å²) >= 11 is 0. The molecule has 0 atom stereocenters. The number of hydrogen-bond acceptors (Lipinski definition) is 2. The first-order valence-corrected chi connectivity index (χ1v) is 4.90. The smallest absolute Gasteiger partial charge is 0.238 e. The van der Waals surface area contributed by atoms with E-state index in [4.69, 9.17) is 0 Å². The number of rotatable bonds is 5. The number of amides is 1. The standard InChI is InChI=1S/C12H16N2O/c1-3-7-13-9-12(15)14-11-6-4-5-10(2)8-11/h3-6,8,13H,1,7,9H2,2H3,(H,14,15). The summed E-state index contributed by atoms with van der Waals surface area (Å²) < 4.78 is 0. The zero-order valence-corrected chi connectivity index (χ0v) is 8.92. The molecule has 0 aliphatic rings. The van der Waals surface area contributed by atoms with Gasteiger partial charge < -0.3 is 10.6 Å². The molecule has 0 fully saturated rings. The van der Waals surface area contributed by atoms with Crippen LogP contribution >= 0.6 is 0 Å². The van der Waals surface area contributed by atoms with Crippen molar-refractivity contribution in [2.45, 2.75) is 6.92 Å². The lowest BCUT2D eigenvalue weighted by molar-refractivity contribution is -0.115. The summed E-state index contributed by atoms with van der Waals surface area (Å²) in [5.41, 5.74) is 1.97. The number of carbonyl (C=O) groups excluding carboxylic acids is 1. The minimum absolute atomic E-state index is 0.0394. The summed E-state index contributed by atoms with van der Waals surface area (Å²) in [7, 11) is 0. The monoisotopic (exact) mass is 204 g/mol. The molecular formula is C12H16N2O. The van der Waals surface area contributed by atoms with E-state index in [1.807, 2.05) is 31.2 Å². The Labute approximate surface area is 90.2 Å². The van der Waals surface area contributed by atoms with E-state index in [-0.39, 0.29) is 5.91 Å². The molecule has 0 bridgehead atoms. The maximum absolute atomic E-state index is 11.4. The highest BCUT2D eigenvalue weighted by Gasteiger charge is 2.00. The minimum atomic E-state index is -0.0394. The van der Waals surface area contributed by atoms with Gasteiger partial charge in [-0.05, 0) is 24.6 Å². The third-order valence-corrected chi connectivity index (χ3v) is 1.88. The normalized spacial score (nSPS) is 9.67. The molecule has 0 aromatic heterocycles. The average molecular weight is 204 g/mol. The van der Waals surface area contributed by atoms with Gasteiger partial charge in [-0.1, -0.05) is 18.2 Å². The van der Waals surface area contributed by atoms with Crippen molar-refractivity contribution in [1.29, 1.82) is 0 Å². The summed E-state index contributed by atoms with van der Waals surface area (Å²) in [4.78, 5) is 11.4. The van der Waals surface area contributed by atoms with Crippen LogP contribution in [0.25, 0.3) is 0 Å². The maximum atomic E-state index is 11.4. The SMILES string of the molecule is C=CCNCC(=O)Nc1cccc(C)c1. The fourth-order valence-electron chi connectivity index (χ4n) is 1.22. The average Bonchev–Trinajstić information content (AvgIpc) is 2.18. The van der Waals surface area contributed by atoms with Crippen LogP contribution < -0.4 is 10.6 Å². The third-order valence-electron chi connectivity index (χ3n) is 1.88. The van der Waals surface area contributed by atoms with Crippen LogP contribution in [0.2, 0.25) is 0 Å². The lowest BCUT2D eigenvalue weighted by Gasteiger charge is -2.05. The van der Waals surface area contributed by atoms with E-state index < -0.39 is 0 Å². The van der Waals surface area contributed by atoms with Gasteiger partial charge in [0.25, 0.3) is 0 Å². The summed E-state index contributed by atoms with van der Waals surface area (Å²) in [5, 5.41) is 5.75. The topological polar surface area (TPSA) is 41.1 Å². The molecular weight excluding hydrogens is 188 g/mol. The molecule has 2 N–H and O–H groups in total. The molecule has 0 aliphatic carbocycles. The summed E-state index contributed by atoms with van der Waals surface area (Å²) in [6.45, 7) is 6.50. The van der Waals surface area contributed by atoms with Gasteiger partial charge in [0.2, 0.25) is 5.91 Å². The van der Waals surface area contributed by atoms with Crippen molar-refractivity contribution in [2.75, 3.05) is 18.4 Å². The van der Waals surface area contributed by atoms with E-state index in [9.17, 15) is 4.79 Å². The molecule has 0 radical (unpaired) electrons. The molecule has 15 heavy (non-hydrogen) atoms. The summed E-state index contributed by atoms with van der Waals surface area (Å²) in [5.74, 6) is -0.0394. The molecule has 0 spiro atoms. The highest BCUT2D eigenvalue weighted by molar-refractivity contribution is 5.92. The number of hydrogen-bond donors (Lipinski definition) is 2. The number of anilines is 1. The first-order valence-electron chi connectivity index (χ1n) is 4.90. The molecule has 1 amide bonds. The maximum Gasteiger partial charge on any atom is 0.238 e. The molecule has 1 aromatic carbocycles. The van der Waals surface area contributed by atoms with Crippen LogP contribution in [0.3, 0.4) is 0 Å². The van der Waals surface area contributed by atoms with Crippen molar-refractivity contribution in [1.82, 2.24) is 5.32 Å². The fraction of sp³-hybridized carbons (Fsp3) is 0.250. The van der Waals surface area contributed by atoms with Gasteiger partial charge in [-0.15, -0.1) is 6.58 Å². The number of carbonyl (C=O) groups is 1. The van der Waals surface area contributed by atoms with E-state index in [1.54, 1.807) is 6.08 Å². The predicted molar refractivity (Wildman–Crippen MR) is 62.9 cm³/mol. The second-order valence-corrected chi connectivity index (χ2v) is 3.34. The van der Waals surface area contributed by atoms with Crippen LogP contribution in [0.15, 0.2) is 36.9 Å². The molecule has 80 valence electrons. The third kappa shape index (κ3) is 4.42. The van der Waals surface area contributed by atoms with Crippen LogP contribution in [-0.4, -0.2) is 19.0 Å². The zero-order chi connectivity index (χ0) is 11.1. The van der Waals surface area contributed by atoms with E-state index in [2.05, 4.69) is 17.2 Å². The summed E-state index contributed by atoms with van der Waals surface area (Å²) in [6, 6.07) is 7.72. The number of benzene rings is 1. The second kappa shape index (κ2) is 5.98. The van der Waals surface area contributed by atoms with Gasteiger partial charge in [0.1, 0.15) is 0 Å². The van der Waals surface area contributed by atoms with Crippen LogP contribution in [0.1, 0.15) is 5.56 Å². The molecule has 3 nitrogen and oxygen atoms in total. The first-order chi connectivity index (χ1) is 7.22. The van der Waals surface area contributed by atoms with Crippen molar-refractivity contribution in [3.63, 3.8) is 0 Å². The Morgan fingerprint density at radius 1 is 1.53 bits per heavy atom. The van der Waals surface area contributed by atoms with Crippen molar-refractivity contribution in [2.24, 2.45) is 0 Å². The van der Waals surface area contributed by atoms with E-state index in [0.29, 0.717) is 13.1 Å². The van der Waals surface area contributed by atoms with Crippen LogP contribution in [0.5, 0.6) is 0 Å². The Hall–Kier alpha value is -1.61. The first kappa shape index (κ1) is 11.5. The van der Waals surface area contributed by atoms with E-state index in [0.717, 1.165) is 11.3 Å². The zero-order valence-electron chi connectivity index (χ0n) is 8.92. The molecule has 0 saturated carbocycles. The van der Waals surface area contributed by atoms with E-state index in [1.165, 1.54) is 0 Å². The van der Waals surface area contributed by atoms with Gasteiger partial charge in [-0.3, -0.25) is 4.79 Å². The number of nitrogens with one attached hydrogen (secondary N) is 2. The highest BCUT2D eigenvalue weighted by Crippen LogP contribution is 2.08. The number of aryl methyl sites for hydroxylation is 1. The Morgan fingerprint density at radius 2 is 2.33 bits per heavy atom. The second-order valence-electron chi connectivity index (χ2n) is 3.34. The van der Waals surface area contributed by atoms with Gasteiger partial charge in [-0.2, -0.15) is 0 Å². The fourth-order valence-corrected chi connectivity index (χ4v) is 1.22. The molecule has 0 aliphatic heterocycles. The molecule has 1 aromatic rings. The predicted octanol–water partition coefficient (Wildman–Crippen LogP) is 1.71. The lowest BCUT2D eigenvalue weighted by atomic mass is 10.2. The van der Waals surface area contributed by atoms with Crippen LogP contribution in [0.4, 0.5) is 5.69 Å². The molecule has 1 rings (SSSR count). The Kier molecular flexibility index (Phi) is 4.57. The molecule has 0 heterocycles. The summed E-state index contributed by atoms with van der Waals surface area (Å²) in [6.07, 6.45) is 1.72. The van der Waals surface area contributed by atoms with Crippen molar-refractivity contribution >= 4 is 11.6 Å². The van der Waals surface area contributed by atoms with Gasteiger partial charge in [-0.25, -0.2) is 0 Å². The minimum Gasteiger partial charge on any atom is -0.325 e. The quantitative estimate of drug-likeness (QED) is 0.566. The molecule has 0 unspecified atom stereocenters. The van der Waals surface area contributed by atoms with Crippen molar-refractivity contribution < 1.29 is 4.79 Å². The van der Waals surface area contributed by atoms with Gasteiger partial charge in [0, 0.05) is 12.2 Å². The van der Waals surface area contributed by atoms with Gasteiger partial charge >= 0.3 is 0 Å². The Morgan fingerprint density at radius 3 is 3.00 bits per heavy atom. The Balaban J connectivity index is 2.40.